The molecule has 0 fully saturated rings. The monoisotopic (exact) mass is 486 g/mol. The summed E-state index contributed by atoms with van der Waals surface area (Å²) in [5.41, 5.74) is 3.45. The van der Waals surface area contributed by atoms with Gasteiger partial charge in [-0.15, -0.1) is 0 Å². The molecule has 0 atom stereocenters. The van der Waals surface area contributed by atoms with Gasteiger partial charge in [-0.1, -0.05) is 29.3 Å². The number of carbonyl (C=O) groups is 2. The van der Waals surface area contributed by atoms with Crippen LogP contribution in [0.15, 0.2) is 71.8 Å². The van der Waals surface area contributed by atoms with Crippen LogP contribution in [-0.4, -0.2) is 31.3 Å². The Morgan fingerprint density at radius 3 is 2.33 bits per heavy atom. The Morgan fingerprint density at radius 2 is 1.64 bits per heavy atom. The molecule has 0 unspecified atom stereocenters. The summed E-state index contributed by atoms with van der Waals surface area (Å²) in [5.74, 6) is 0.417. The number of amides is 1. The quantitative estimate of drug-likeness (QED) is 0.196. The Labute approximate surface area is 200 Å². The van der Waals surface area contributed by atoms with Gasteiger partial charge in [0.1, 0.15) is 22.3 Å². The average molecular weight is 487 g/mol. The summed E-state index contributed by atoms with van der Waals surface area (Å²) in [4.78, 5) is 24.1. The molecule has 3 aromatic rings. The zero-order valence-electron chi connectivity index (χ0n) is 17.6. The molecule has 1 amide bonds. The van der Waals surface area contributed by atoms with Crippen molar-refractivity contribution in [3.05, 3.63) is 87.9 Å². The van der Waals surface area contributed by atoms with Crippen molar-refractivity contribution in [2.45, 2.75) is 6.92 Å². The largest absolute Gasteiger partial charge is 0.494 e. The van der Waals surface area contributed by atoms with Gasteiger partial charge >= 0.3 is 5.97 Å². The van der Waals surface area contributed by atoms with Crippen LogP contribution in [0.5, 0.6) is 17.2 Å². The van der Waals surface area contributed by atoms with Gasteiger partial charge in [0, 0.05) is 0 Å². The first-order valence-electron chi connectivity index (χ1n) is 9.90. The van der Waals surface area contributed by atoms with Crippen molar-refractivity contribution in [3.63, 3.8) is 0 Å². The SMILES string of the molecule is CCOc1ccc(C(=O)Oc2ccc(/C=N/NC(=O)COc3cccc(Cl)c3Cl)cc2)cc1. The molecular weight excluding hydrogens is 467 g/mol. The number of rotatable bonds is 9. The highest BCUT2D eigenvalue weighted by Gasteiger charge is 2.09. The summed E-state index contributed by atoms with van der Waals surface area (Å²) >= 11 is 11.9. The normalized spacial score (nSPS) is 10.6. The maximum Gasteiger partial charge on any atom is 0.343 e. The second kappa shape index (κ2) is 11.9. The van der Waals surface area contributed by atoms with Gasteiger partial charge in [-0.05, 0) is 73.2 Å². The topological polar surface area (TPSA) is 86.2 Å². The number of esters is 1. The van der Waals surface area contributed by atoms with E-state index in [9.17, 15) is 9.59 Å². The molecule has 0 spiro atoms. The number of nitrogens with zero attached hydrogens (tertiary/aromatic N) is 1. The number of hydrogen-bond donors (Lipinski definition) is 1. The number of halogens is 2. The maximum atomic E-state index is 12.3. The van der Waals surface area contributed by atoms with Gasteiger partial charge < -0.3 is 14.2 Å². The molecule has 33 heavy (non-hydrogen) atoms. The lowest BCUT2D eigenvalue weighted by atomic mass is 10.2. The van der Waals surface area contributed by atoms with Gasteiger partial charge in [0.2, 0.25) is 0 Å². The van der Waals surface area contributed by atoms with Crippen molar-refractivity contribution in [2.24, 2.45) is 5.10 Å². The molecule has 0 saturated carbocycles. The van der Waals surface area contributed by atoms with Gasteiger partial charge in [0.25, 0.3) is 5.91 Å². The fourth-order valence-electron chi connectivity index (χ4n) is 2.59. The molecule has 170 valence electrons. The van der Waals surface area contributed by atoms with Crippen LogP contribution >= 0.6 is 23.2 Å². The third kappa shape index (κ3) is 7.24. The predicted molar refractivity (Wildman–Crippen MR) is 127 cm³/mol. The number of hydrogen-bond acceptors (Lipinski definition) is 6. The van der Waals surface area contributed by atoms with Crippen LogP contribution in [0.1, 0.15) is 22.8 Å². The van der Waals surface area contributed by atoms with Gasteiger partial charge in [-0.3, -0.25) is 4.79 Å². The van der Waals surface area contributed by atoms with E-state index in [2.05, 4.69) is 10.5 Å². The predicted octanol–water partition coefficient (Wildman–Crippen LogP) is 5.14. The van der Waals surface area contributed by atoms with E-state index in [-0.39, 0.29) is 11.6 Å². The standard InChI is InChI=1S/C24H20Cl2N2O5/c1-2-31-18-12-8-17(9-13-18)24(30)33-19-10-6-16(7-11-19)14-27-28-22(29)15-32-21-5-3-4-20(25)23(21)26/h3-14H,2,15H2,1H3,(H,28,29)/b27-14+. The zero-order chi connectivity index (χ0) is 23.6. The number of ether oxygens (including phenoxy) is 3. The van der Waals surface area contributed by atoms with Crippen LogP contribution in [0.25, 0.3) is 0 Å². The third-order valence-corrected chi connectivity index (χ3v) is 4.97. The first kappa shape index (κ1) is 24.1. The minimum absolute atomic E-state index is 0.235. The average Bonchev–Trinajstić information content (AvgIpc) is 2.82. The van der Waals surface area contributed by atoms with Crippen molar-refractivity contribution in [3.8, 4) is 17.2 Å². The number of benzene rings is 3. The molecule has 0 aliphatic rings. The van der Waals surface area contributed by atoms with Crippen LogP contribution < -0.4 is 19.6 Å². The fraction of sp³-hybridized carbons (Fsp3) is 0.125. The van der Waals surface area contributed by atoms with E-state index in [1.807, 2.05) is 6.92 Å². The van der Waals surface area contributed by atoms with E-state index in [4.69, 9.17) is 37.4 Å². The second-order valence-corrected chi connectivity index (χ2v) is 7.33. The van der Waals surface area contributed by atoms with E-state index in [1.165, 1.54) is 6.21 Å². The summed E-state index contributed by atoms with van der Waals surface area (Å²) in [6.07, 6.45) is 1.45. The fourth-order valence-corrected chi connectivity index (χ4v) is 2.94. The molecule has 9 heteroatoms. The van der Waals surface area contributed by atoms with Crippen LogP contribution in [0.2, 0.25) is 10.0 Å². The molecule has 0 heterocycles. The Morgan fingerprint density at radius 1 is 0.939 bits per heavy atom. The lowest BCUT2D eigenvalue weighted by Crippen LogP contribution is -2.24. The summed E-state index contributed by atoms with van der Waals surface area (Å²) in [6.45, 7) is 2.16. The Bertz CT molecular complexity index is 1130. The highest BCUT2D eigenvalue weighted by Crippen LogP contribution is 2.31. The van der Waals surface area contributed by atoms with E-state index >= 15 is 0 Å². The molecule has 7 nitrogen and oxygen atoms in total. The van der Waals surface area contributed by atoms with Crippen molar-refractivity contribution in [2.75, 3.05) is 13.2 Å². The lowest BCUT2D eigenvalue weighted by molar-refractivity contribution is -0.123. The van der Waals surface area contributed by atoms with Gasteiger partial charge in [0.05, 0.1) is 23.4 Å². The number of nitrogens with one attached hydrogen (secondary N) is 1. The first-order valence-corrected chi connectivity index (χ1v) is 10.7. The van der Waals surface area contributed by atoms with Crippen molar-refractivity contribution >= 4 is 41.3 Å². The summed E-state index contributed by atoms with van der Waals surface area (Å²) in [5, 5.41) is 4.44. The minimum Gasteiger partial charge on any atom is -0.494 e. The molecule has 1 N–H and O–H groups in total. The molecule has 3 rings (SSSR count). The van der Waals surface area contributed by atoms with Crippen molar-refractivity contribution < 1.29 is 23.8 Å². The van der Waals surface area contributed by atoms with Crippen LogP contribution in [0, 0.1) is 0 Å². The Hall–Kier alpha value is -3.55. The van der Waals surface area contributed by atoms with Gasteiger partial charge in [0.15, 0.2) is 6.61 Å². The van der Waals surface area contributed by atoms with Crippen molar-refractivity contribution in [1.29, 1.82) is 0 Å². The summed E-state index contributed by atoms with van der Waals surface area (Å²) in [6, 6.07) is 18.2. The zero-order valence-corrected chi connectivity index (χ0v) is 19.1. The molecule has 0 aliphatic heterocycles. The van der Waals surface area contributed by atoms with Gasteiger partial charge in [-0.2, -0.15) is 5.10 Å². The molecule has 3 aromatic carbocycles. The second-order valence-electron chi connectivity index (χ2n) is 6.55. The molecular formula is C24H20Cl2N2O5. The smallest absolute Gasteiger partial charge is 0.343 e. The Kier molecular flexibility index (Phi) is 8.69. The minimum atomic E-state index is -0.480. The molecule has 0 saturated heterocycles. The van der Waals surface area contributed by atoms with E-state index < -0.39 is 11.9 Å². The first-order chi connectivity index (χ1) is 16.0. The summed E-state index contributed by atoms with van der Waals surface area (Å²) < 4.78 is 16.0. The molecule has 0 aromatic heterocycles. The van der Waals surface area contributed by atoms with Crippen molar-refractivity contribution in [1.82, 2.24) is 5.43 Å². The maximum absolute atomic E-state index is 12.3. The lowest BCUT2D eigenvalue weighted by Gasteiger charge is -2.07. The van der Waals surface area contributed by atoms with E-state index in [0.717, 1.165) is 0 Å². The van der Waals surface area contributed by atoms with Crippen LogP contribution in [0.4, 0.5) is 0 Å². The number of carbonyl (C=O) groups excluding carboxylic acids is 2. The van der Waals surface area contributed by atoms with Gasteiger partial charge in [-0.25, -0.2) is 10.2 Å². The molecule has 0 radical (unpaired) electrons. The van der Waals surface area contributed by atoms with E-state index in [0.29, 0.717) is 40.0 Å². The van der Waals surface area contributed by atoms with E-state index in [1.54, 1.807) is 66.7 Å². The van der Waals surface area contributed by atoms with Crippen LogP contribution in [-0.2, 0) is 4.79 Å². The van der Waals surface area contributed by atoms with Crippen LogP contribution in [0.3, 0.4) is 0 Å². The Balaban J connectivity index is 1.47. The third-order valence-electron chi connectivity index (χ3n) is 4.17. The molecule has 0 bridgehead atoms. The molecule has 0 aliphatic carbocycles. The summed E-state index contributed by atoms with van der Waals surface area (Å²) in [7, 11) is 0. The highest BCUT2D eigenvalue weighted by atomic mass is 35.5. The number of hydrazone groups is 1. The highest BCUT2D eigenvalue weighted by molar-refractivity contribution is 6.42.